The van der Waals surface area contributed by atoms with Gasteiger partial charge in [0.15, 0.2) is 6.61 Å². The third-order valence-electron chi connectivity index (χ3n) is 4.21. The molecule has 1 atom stereocenters. The van der Waals surface area contributed by atoms with E-state index in [0.717, 1.165) is 16.3 Å². The van der Waals surface area contributed by atoms with E-state index in [1.807, 2.05) is 31.2 Å². The van der Waals surface area contributed by atoms with Gasteiger partial charge in [0.1, 0.15) is 5.75 Å². The highest BCUT2D eigenvalue weighted by atomic mass is 16.5. The third kappa shape index (κ3) is 4.85. The number of anilines is 1. The molecule has 27 heavy (non-hydrogen) atoms. The molecule has 5 heteroatoms. The number of ether oxygens (including phenoxy) is 1. The molecule has 0 heterocycles. The van der Waals surface area contributed by atoms with Crippen LogP contribution in [-0.4, -0.2) is 18.4 Å². The number of hydrogen-bond donors (Lipinski definition) is 2. The molecule has 0 spiro atoms. The summed E-state index contributed by atoms with van der Waals surface area (Å²) in [5.74, 6) is 0.0370. The van der Waals surface area contributed by atoms with Crippen LogP contribution < -0.4 is 15.4 Å². The first-order valence-electron chi connectivity index (χ1n) is 8.80. The molecule has 0 aliphatic rings. The number of rotatable bonds is 6. The maximum absolute atomic E-state index is 12.3. The Morgan fingerprint density at radius 3 is 2.44 bits per heavy atom. The summed E-state index contributed by atoms with van der Waals surface area (Å²) in [5.41, 5.74) is 1.57. The number of amides is 2. The van der Waals surface area contributed by atoms with E-state index in [-0.39, 0.29) is 24.5 Å². The summed E-state index contributed by atoms with van der Waals surface area (Å²) in [6, 6.07) is 21.1. The molecule has 5 nitrogen and oxygen atoms in total. The van der Waals surface area contributed by atoms with Gasteiger partial charge in [-0.25, -0.2) is 0 Å². The van der Waals surface area contributed by atoms with E-state index in [0.29, 0.717) is 11.4 Å². The van der Waals surface area contributed by atoms with Crippen molar-refractivity contribution in [2.45, 2.75) is 19.9 Å². The van der Waals surface area contributed by atoms with Gasteiger partial charge in [-0.3, -0.25) is 9.59 Å². The minimum absolute atomic E-state index is 0.130. The predicted octanol–water partition coefficient (Wildman–Crippen LogP) is 4.05. The first kappa shape index (κ1) is 18.5. The SMILES string of the molecule is CC(=O)Nc1ccccc1OCC(=O)N[C@@H](C)c1ccc2ccccc2c1. The minimum Gasteiger partial charge on any atom is -0.482 e. The van der Waals surface area contributed by atoms with E-state index in [2.05, 4.69) is 28.8 Å². The summed E-state index contributed by atoms with van der Waals surface area (Å²) < 4.78 is 5.58. The zero-order valence-electron chi connectivity index (χ0n) is 15.4. The zero-order chi connectivity index (χ0) is 19.2. The van der Waals surface area contributed by atoms with Gasteiger partial charge in [0.2, 0.25) is 5.91 Å². The first-order chi connectivity index (χ1) is 13.0. The fraction of sp³-hybridized carbons (Fsp3) is 0.182. The smallest absolute Gasteiger partial charge is 0.258 e. The molecule has 2 N–H and O–H groups in total. The highest BCUT2D eigenvalue weighted by Gasteiger charge is 2.12. The Morgan fingerprint density at radius 1 is 0.963 bits per heavy atom. The molecular formula is C22H22N2O3. The van der Waals surface area contributed by atoms with Crippen molar-refractivity contribution in [2.24, 2.45) is 0 Å². The van der Waals surface area contributed by atoms with E-state index in [1.54, 1.807) is 24.3 Å². The van der Waals surface area contributed by atoms with Crippen molar-refractivity contribution >= 4 is 28.3 Å². The number of carbonyl (C=O) groups is 2. The van der Waals surface area contributed by atoms with Crippen LogP contribution in [0.4, 0.5) is 5.69 Å². The Balaban J connectivity index is 1.61. The van der Waals surface area contributed by atoms with Gasteiger partial charge >= 0.3 is 0 Å². The Bertz CT molecular complexity index is 968. The summed E-state index contributed by atoms with van der Waals surface area (Å²) in [5, 5.41) is 7.93. The second-order valence-electron chi connectivity index (χ2n) is 6.36. The van der Waals surface area contributed by atoms with Crippen LogP contribution in [0.25, 0.3) is 10.8 Å². The van der Waals surface area contributed by atoms with Crippen LogP contribution in [-0.2, 0) is 9.59 Å². The quantitative estimate of drug-likeness (QED) is 0.695. The van der Waals surface area contributed by atoms with E-state index in [4.69, 9.17) is 4.74 Å². The molecule has 0 saturated carbocycles. The van der Waals surface area contributed by atoms with Gasteiger partial charge in [-0.05, 0) is 41.5 Å². The molecular weight excluding hydrogens is 340 g/mol. The normalized spacial score (nSPS) is 11.6. The van der Waals surface area contributed by atoms with E-state index in [9.17, 15) is 9.59 Å². The third-order valence-corrected chi connectivity index (χ3v) is 4.21. The summed E-state index contributed by atoms with van der Waals surface area (Å²) in [4.78, 5) is 23.5. The van der Waals surface area contributed by atoms with E-state index >= 15 is 0 Å². The number of benzene rings is 3. The molecule has 0 aliphatic carbocycles. The number of hydrogen-bond acceptors (Lipinski definition) is 3. The van der Waals surface area contributed by atoms with Gasteiger partial charge in [0, 0.05) is 6.92 Å². The monoisotopic (exact) mass is 362 g/mol. The number of para-hydroxylation sites is 2. The van der Waals surface area contributed by atoms with Crippen LogP contribution in [0.2, 0.25) is 0 Å². The molecule has 3 aromatic rings. The molecule has 0 unspecified atom stereocenters. The Kier molecular flexibility index (Phi) is 5.71. The van der Waals surface area contributed by atoms with Gasteiger partial charge in [-0.15, -0.1) is 0 Å². The highest BCUT2D eigenvalue weighted by Crippen LogP contribution is 2.24. The van der Waals surface area contributed by atoms with Gasteiger partial charge < -0.3 is 15.4 Å². The van der Waals surface area contributed by atoms with Gasteiger partial charge in [0.25, 0.3) is 5.91 Å². The van der Waals surface area contributed by atoms with E-state index < -0.39 is 0 Å². The van der Waals surface area contributed by atoms with Crippen molar-refractivity contribution in [1.82, 2.24) is 5.32 Å². The lowest BCUT2D eigenvalue weighted by Gasteiger charge is -2.16. The average molecular weight is 362 g/mol. The lowest BCUT2D eigenvalue weighted by Crippen LogP contribution is -2.31. The molecule has 0 aromatic heterocycles. The fourth-order valence-electron chi connectivity index (χ4n) is 2.87. The van der Waals surface area contributed by atoms with Crippen molar-refractivity contribution in [1.29, 1.82) is 0 Å². The lowest BCUT2D eigenvalue weighted by molar-refractivity contribution is -0.123. The van der Waals surface area contributed by atoms with Crippen LogP contribution in [0.5, 0.6) is 5.75 Å². The van der Waals surface area contributed by atoms with E-state index in [1.165, 1.54) is 6.92 Å². The standard InChI is InChI=1S/C22H22N2O3/c1-15(18-12-11-17-7-3-4-8-19(17)13-18)23-22(26)14-27-21-10-6-5-9-20(21)24-16(2)25/h3-13,15H,14H2,1-2H3,(H,23,26)(H,24,25)/t15-/m0/s1. The predicted molar refractivity (Wildman–Crippen MR) is 107 cm³/mol. The van der Waals surface area contributed by atoms with Gasteiger partial charge in [-0.1, -0.05) is 48.5 Å². The maximum Gasteiger partial charge on any atom is 0.258 e. The molecule has 3 aromatic carbocycles. The zero-order valence-corrected chi connectivity index (χ0v) is 15.4. The van der Waals surface area contributed by atoms with Gasteiger partial charge in [0.05, 0.1) is 11.7 Å². The maximum atomic E-state index is 12.3. The largest absolute Gasteiger partial charge is 0.482 e. The van der Waals surface area contributed by atoms with Crippen LogP contribution >= 0.6 is 0 Å². The van der Waals surface area contributed by atoms with Crippen molar-refractivity contribution in [3.63, 3.8) is 0 Å². The van der Waals surface area contributed by atoms with Crippen molar-refractivity contribution in [3.8, 4) is 5.75 Å². The van der Waals surface area contributed by atoms with Gasteiger partial charge in [-0.2, -0.15) is 0 Å². The minimum atomic E-state index is -0.228. The van der Waals surface area contributed by atoms with Crippen LogP contribution in [0.1, 0.15) is 25.5 Å². The highest BCUT2D eigenvalue weighted by molar-refractivity contribution is 5.90. The molecule has 3 rings (SSSR count). The first-order valence-corrected chi connectivity index (χ1v) is 8.80. The second-order valence-corrected chi connectivity index (χ2v) is 6.36. The molecule has 0 fully saturated rings. The number of nitrogens with one attached hydrogen (secondary N) is 2. The molecule has 0 aliphatic heterocycles. The Hall–Kier alpha value is -3.34. The average Bonchev–Trinajstić information content (AvgIpc) is 2.66. The fourth-order valence-corrected chi connectivity index (χ4v) is 2.87. The second kappa shape index (κ2) is 8.36. The summed E-state index contributed by atoms with van der Waals surface area (Å²) >= 11 is 0. The molecule has 0 bridgehead atoms. The number of fused-ring (bicyclic) bond motifs is 1. The number of carbonyl (C=O) groups excluding carboxylic acids is 2. The summed E-state index contributed by atoms with van der Waals surface area (Å²) in [7, 11) is 0. The molecule has 2 amide bonds. The summed E-state index contributed by atoms with van der Waals surface area (Å²) in [6.45, 7) is 3.23. The Labute approximate surface area is 158 Å². The van der Waals surface area contributed by atoms with Crippen molar-refractivity contribution in [3.05, 3.63) is 72.3 Å². The van der Waals surface area contributed by atoms with Crippen LogP contribution in [0.3, 0.4) is 0 Å². The summed E-state index contributed by atoms with van der Waals surface area (Å²) in [6.07, 6.45) is 0. The molecule has 0 radical (unpaired) electrons. The topological polar surface area (TPSA) is 67.4 Å². The van der Waals surface area contributed by atoms with Crippen LogP contribution in [0.15, 0.2) is 66.7 Å². The molecule has 0 saturated heterocycles. The van der Waals surface area contributed by atoms with Crippen molar-refractivity contribution < 1.29 is 14.3 Å². The molecule has 138 valence electrons. The lowest BCUT2D eigenvalue weighted by atomic mass is 10.0. The van der Waals surface area contributed by atoms with Crippen LogP contribution in [0, 0.1) is 0 Å². The Morgan fingerprint density at radius 2 is 1.67 bits per heavy atom. The van der Waals surface area contributed by atoms with Crippen molar-refractivity contribution in [2.75, 3.05) is 11.9 Å².